The maximum absolute atomic E-state index is 13.1. The average Bonchev–Trinajstić information content (AvgIpc) is 3.29. The van der Waals surface area contributed by atoms with E-state index in [-0.39, 0.29) is 29.1 Å². The Balaban J connectivity index is 1.42. The van der Waals surface area contributed by atoms with Crippen LogP contribution in [0.3, 0.4) is 0 Å². The highest BCUT2D eigenvalue weighted by Crippen LogP contribution is 2.31. The Labute approximate surface area is 193 Å². The lowest BCUT2D eigenvalue weighted by molar-refractivity contribution is -0.137. The number of nitrogens with zero attached hydrogens (tertiary/aromatic N) is 4. The first-order valence-electron chi connectivity index (χ1n) is 10.6. The van der Waals surface area contributed by atoms with Gasteiger partial charge in [0.05, 0.1) is 24.6 Å². The highest BCUT2D eigenvalue weighted by Gasteiger charge is 2.31. The Morgan fingerprint density at radius 2 is 1.82 bits per heavy atom. The zero-order valence-electron chi connectivity index (χ0n) is 18.2. The van der Waals surface area contributed by atoms with Crippen molar-refractivity contribution in [2.75, 3.05) is 20.2 Å². The number of hydrogen-bond donors (Lipinski definition) is 1. The van der Waals surface area contributed by atoms with Crippen molar-refractivity contribution in [1.82, 2.24) is 25.0 Å². The van der Waals surface area contributed by atoms with Crippen LogP contribution in [0.4, 0.5) is 13.2 Å². The molecule has 0 spiro atoms. The van der Waals surface area contributed by atoms with Crippen LogP contribution in [0, 0.1) is 0 Å². The van der Waals surface area contributed by atoms with Crippen molar-refractivity contribution in [2.45, 2.75) is 25.1 Å². The summed E-state index contributed by atoms with van der Waals surface area (Å²) in [6.45, 7) is 0.948. The molecule has 0 unspecified atom stereocenters. The number of pyridine rings is 1. The first kappa shape index (κ1) is 23.3. The molecular formula is C23H22F3N5O3. The number of halogens is 3. The van der Waals surface area contributed by atoms with Gasteiger partial charge in [-0.3, -0.25) is 14.6 Å². The standard InChI is InChI=1S/C23H22F3N5O3/c1-34-19-14-31(18-4-2-3-16(13-18)23(24,25)26)29-20(19)21(32)28-17-7-11-30(12-8-17)22(33)15-5-9-27-10-6-15/h2-6,9-10,13-14,17H,7-8,11-12H2,1H3,(H,28,32). The zero-order chi connectivity index (χ0) is 24.3. The van der Waals surface area contributed by atoms with E-state index < -0.39 is 17.6 Å². The van der Waals surface area contributed by atoms with Gasteiger partial charge >= 0.3 is 6.18 Å². The van der Waals surface area contributed by atoms with Crippen LogP contribution in [0.2, 0.25) is 0 Å². The number of amides is 2. The number of rotatable bonds is 5. The molecule has 178 valence electrons. The molecule has 2 aromatic heterocycles. The van der Waals surface area contributed by atoms with Crippen LogP contribution in [0.25, 0.3) is 5.69 Å². The second kappa shape index (κ2) is 9.54. The van der Waals surface area contributed by atoms with Gasteiger partial charge in [-0.25, -0.2) is 4.68 Å². The number of aromatic nitrogens is 3. The molecule has 1 N–H and O–H groups in total. The third kappa shape index (κ3) is 5.03. The normalized spacial score (nSPS) is 14.6. The van der Waals surface area contributed by atoms with E-state index in [2.05, 4.69) is 15.4 Å². The highest BCUT2D eigenvalue weighted by molar-refractivity contribution is 5.95. The summed E-state index contributed by atoms with van der Waals surface area (Å²) >= 11 is 0. The fourth-order valence-electron chi connectivity index (χ4n) is 3.78. The monoisotopic (exact) mass is 473 g/mol. The number of benzene rings is 1. The van der Waals surface area contributed by atoms with Gasteiger partial charge in [0, 0.05) is 37.1 Å². The van der Waals surface area contributed by atoms with Crippen molar-refractivity contribution >= 4 is 11.8 Å². The van der Waals surface area contributed by atoms with Gasteiger partial charge < -0.3 is 15.0 Å². The van der Waals surface area contributed by atoms with Gasteiger partial charge in [0.1, 0.15) is 0 Å². The van der Waals surface area contributed by atoms with E-state index in [0.29, 0.717) is 31.5 Å². The number of methoxy groups -OCH3 is 1. The van der Waals surface area contributed by atoms with Crippen molar-refractivity contribution in [2.24, 2.45) is 0 Å². The molecule has 0 radical (unpaired) electrons. The molecule has 3 aromatic rings. The Hall–Kier alpha value is -3.89. The predicted molar refractivity (Wildman–Crippen MR) is 116 cm³/mol. The average molecular weight is 473 g/mol. The van der Waals surface area contributed by atoms with Gasteiger partial charge in [-0.15, -0.1) is 0 Å². The first-order chi connectivity index (χ1) is 16.3. The van der Waals surface area contributed by atoms with Crippen molar-refractivity contribution in [1.29, 1.82) is 0 Å². The fourth-order valence-corrected chi connectivity index (χ4v) is 3.78. The molecule has 4 rings (SSSR count). The molecule has 1 aliphatic rings. The van der Waals surface area contributed by atoms with Crippen LogP contribution in [-0.4, -0.2) is 57.7 Å². The second-order valence-electron chi connectivity index (χ2n) is 7.81. The molecule has 3 heterocycles. The minimum Gasteiger partial charge on any atom is -0.493 e. The summed E-state index contributed by atoms with van der Waals surface area (Å²) in [6.07, 6.45) is 1.10. The van der Waals surface area contributed by atoms with E-state index in [1.165, 1.54) is 30.1 Å². The summed E-state index contributed by atoms with van der Waals surface area (Å²) < 4.78 is 45.6. The Morgan fingerprint density at radius 3 is 2.47 bits per heavy atom. The Bertz CT molecular complexity index is 1170. The molecule has 0 bridgehead atoms. The van der Waals surface area contributed by atoms with Crippen LogP contribution >= 0.6 is 0 Å². The quantitative estimate of drug-likeness (QED) is 0.614. The van der Waals surface area contributed by atoms with E-state index in [1.54, 1.807) is 29.4 Å². The molecule has 0 saturated carbocycles. The molecule has 0 atom stereocenters. The number of ether oxygens (including phenoxy) is 1. The van der Waals surface area contributed by atoms with E-state index in [9.17, 15) is 22.8 Å². The third-order valence-corrected chi connectivity index (χ3v) is 5.60. The van der Waals surface area contributed by atoms with E-state index in [1.807, 2.05) is 0 Å². The van der Waals surface area contributed by atoms with Gasteiger partial charge in [0.2, 0.25) is 0 Å². The summed E-state index contributed by atoms with van der Waals surface area (Å²) in [5, 5.41) is 7.05. The van der Waals surface area contributed by atoms with Crippen molar-refractivity contribution in [3.63, 3.8) is 0 Å². The number of likely N-dealkylation sites (tertiary alicyclic amines) is 1. The Morgan fingerprint density at radius 1 is 1.12 bits per heavy atom. The molecule has 1 aromatic carbocycles. The van der Waals surface area contributed by atoms with Crippen LogP contribution in [0.15, 0.2) is 55.0 Å². The first-order valence-corrected chi connectivity index (χ1v) is 10.6. The highest BCUT2D eigenvalue weighted by atomic mass is 19.4. The number of hydrogen-bond acceptors (Lipinski definition) is 5. The largest absolute Gasteiger partial charge is 0.493 e. The summed E-state index contributed by atoms with van der Waals surface area (Å²) in [6, 6.07) is 7.77. The third-order valence-electron chi connectivity index (χ3n) is 5.60. The van der Waals surface area contributed by atoms with Crippen LogP contribution in [0.1, 0.15) is 39.3 Å². The van der Waals surface area contributed by atoms with Gasteiger partial charge in [-0.2, -0.15) is 18.3 Å². The van der Waals surface area contributed by atoms with Gasteiger partial charge in [-0.05, 0) is 43.2 Å². The topological polar surface area (TPSA) is 89.4 Å². The van der Waals surface area contributed by atoms with Crippen LogP contribution in [-0.2, 0) is 6.18 Å². The lowest BCUT2D eigenvalue weighted by Crippen LogP contribution is -2.46. The lowest BCUT2D eigenvalue weighted by atomic mass is 10.0. The van der Waals surface area contributed by atoms with Gasteiger partial charge in [0.15, 0.2) is 11.4 Å². The van der Waals surface area contributed by atoms with Crippen molar-refractivity contribution < 1.29 is 27.5 Å². The summed E-state index contributed by atoms with van der Waals surface area (Å²) in [4.78, 5) is 31.1. The molecule has 0 aliphatic carbocycles. The molecule has 11 heteroatoms. The summed E-state index contributed by atoms with van der Waals surface area (Å²) in [5.41, 5.74) is -0.147. The minimum absolute atomic E-state index is 0.0322. The molecule has 2 amide bonds. The predicted octanol–water partition coefficient (Wildman–Crippen LogP) is 3.33. The SMILES string of the molecule is COc1cn(-c2cccc(C(F)(F)F)c2)nc1C(=O)NC1CCN(C(=O)c2ccncc2)CC1. The summed E-state index contributed by atoms with van der Waals surface area (Å²) in [7, 11) is 1.35. The molecule has 1 saturated heterocycles. The lowest BCUT2D eigenvalue weighted by Gasteiger charge is -2.32. The van der Waals surface area contributed by atoms with Crippen molar-refractivity contribution in [3.05, 3.63) is 71.8 Å². The number of carbonyl (C=O) groups is 2. The maximum Gasteiger partial charge on any atom is 0.416 e. The number of piperidine rings is 1. The van der Waals surface area contributed by atoms with Crippen molar-refractivity contribution in [3.8, 4) is 11.4 Å². The zero-order valence-corrected chi connectivity index (χ0v) is 18.2. The van der Waals surface area contributed by atoms with Gasteiger partial charge in [-0.1, -0.05) is 6.07 Å². The summed E-state index contributed by atoms with van der Waals surface area (Å²) in [5.74, 6) is -0.449. The molecule has 1 aliphatic heterocycles. The van der Waals surface area contributed by atoms with E-state index in [0.717, 1.165) is 12.1 Å². The van der Waals surface area contributed by atoms with Crippen LogP contribution < -0.4 is 10.1 Å². The molecule has 1 fully saturated rings. The van der Waals surface area contributed by atoms with Crippen LogP contribution in [0.5, 0.6) is 5.75 Å². The number of alkyl halides is 3. The fraction of sp³-hybridized carbons (Fsp3) is 0.304. The second-order valence-corrected chi connectivity index (χ2v) is 7.81. The molecular weight excluding hydrogens is 451 g/mol. The number of nitrogens with one attached hydrogen (secondary N) is 1. The van der Waals surface area contributed by atoms with Gasteiger partial charge in [0.25, 0.3) is 11.8 Å². The van der Waals surface area contributed by atoms with E-state index in [4.69, 9.17) is 4.74 Å². The smallest absolute Gasteiger partial charge is 0.416 e. The van der Waals surface area contributed by atoms with E-state index >= 15 is 0 Å². The molecule has 34 heavy (non-hydrogen) atoms. The Kier molecular flexibility index (Phi) is 6.53. The minimum atomic E-state index is -4.50. The maximum atomic E-state index is 13.1. The molecule has 8 nitrogen and oxygen atoms in total. The number of carbonyl (C=O) groups excluding carboxylic acids is 2.